The summed E-state index contributed by atoms with van der Waals surface area (Å²) < 4.78 is 5.53. The Labute approximate surface area is 107 Å². The summed E-state index contributed by atoms with van der Waals surface area (Å²) in [7, 11) is 0. The van der Waals surface area contributed by atoms with Crippen molar-refractivity contribution in [3.63, 3.8) is 0 Å². The van der Waals surface area contributed by atoms with Gasteiger partial charge in [0.15, 0.2) is 0 Å². The molecule has 0 saturated carbocycles. The predicted molar refractivity (Wildman–Crippen MR) is 71.8 cm³/mol. The summed E-state index contributed by atoms with van der Waals surface area (Å²) in [5, 5.41) is 11.7. The van der Waals surface area contributed by atoms with Crippen LogP contribution in [0.4, 0.5) is 0 Å². The molecule has 0 aromatic heterocycles. The minimum absolute atomic E-state index is 0.629. The third kappa shape index (κ3) is 6.06. The highest BCUT2D eigenvalue weighted by Crippen LogP contribution is 2.12. The van der Waals surface area contributed by atoms with Crippen LogP contribution in [-0.2, 0) is 4.79 Å². The fourth-order valence-electron chi connectivity index (χ4n) is 1.39. The molecule has 0 aliphatic carbocycles. The van der Waals surface area contributed by atoms with E-state index in [1.165, 1.54) is 0 Å². The number of nitrogens with one attached hydrogen (secondary N) is 1. The lowest BCUT2D eigenvalue weighted by Gasteiger charge is -2.07. The summed E-state index contributed by atoms with van der Waals surface area (Å²) in [6.07, 6.45) is 3.78. The first-order valence-corrected chi connectivity index (χ1v) is 6.07. The fraction of sp³-hybridized carbons (Fsp3) is 0.357. The third-order valence-corrected chi connectivity index (χ3v) is 2.27. The normalized spacial score (nSPS) is 10.7. The van der Waals surface area contributed by atoms with E-state index in [2.05, 4.69) is 12.2 Å². The number of hydrogen-bond donors (Lipinski definition) is 2. The first-order valence-electron chi connectivity index (χ1n) is 6.07. The number of aliphatic carboxylic acids is 1. The minimum Gasteiger partial charge on any atom is -0.492 e. The van der Waals surface area contributed by atoms with Crippen LogP contribution in [0.3, 0.4) is 0 Å². The Morgan fingerprint density at radius 2 is 2.06 bits per heavy atom. The molecule has 1 aromatic carbocycles. The number of carbonyl (C=O) groups is 1. The number of benzene rings is 1. The Bertz CT molecular complexity index is 385. The van der Waals surface area contributed by atoms with E-state index in [-0.39, 0.29) is 0 Å². The molecule has 0 fully saturated rings. The highest BCUT2D eigenvalue weighted by molar-refractivity contribution is 5.85. The molecule has 98 valence electrons. The largest absolute Gasteiger partial charge is 0.492 e. The van der Waals surface area contributed by atoms with E-state index in [0.29, 0.717) is 6.61 Å². The van der Waals surface area contributed by atoms with Crippen molar-refractivity contribution in [3.8, 4) is 5.75 Å². The average molecular weight is 249 g/mol. The van der Waals surface area contributed by atoms with Crippen molar-refractivity contribution in [1.29, 1.82) is 0 Å². The lowest BCUT2D eigenvalue weighted by Crippen LogP contribution is -2.21. The molecule has 0 saturated heterocycles. The van der Waals surface area contributed by atoms with Gasteiger partial charge in [-0.3, -0.25) is 0 Å². The number of carboxylic acids is 1. The molecule has 0 radical (unpaired) electrons. The molecule has 1 rings (SSSR count). The molecule has 0 aliphatic heterocycles. The molecule has 0 heterocycles. The van der Waals surface area contributed by atoms with Crippen LogP contribution in [0.25, 0.3) is 6.08 Å². The number of ether oxygens (including phenoxy) is 1. The van der Waals surface area contributed by atoms with E-state index in [9.17, 15) is 4.79 Å². The zero-order chi connectivity index (χ0) is 13.2. The van der Waals surface area contributed by atoms with Crippen molar-refractivity contribution in [2.75, 3.05) is 19.7 Å². The van der Waals surface area contributed by atoms with Gasteiger partial charge in [0.1, 0.15) is 12.4 Å². The first-order chi connectivity index (χ1) is 8.72. The number of rotatable bonds is 8. The fourth-order valence-corrected chi connectivity index (χ4v) is 1.39. The Morgan fingerprint density at radius 3 is 2.67 bits per heavy atom. The van der Waals surface area contributed by atoms with Gasteiger partial charge in [-0.2, -0.15) is 0 Å². The molecular formula is C14H19NO3. The van der Waals surface area contributed by atoms with Crippen LogP contribution in [0.5, 0.6) is 5.75 Å². The van der Waals surface area contributed by atoms with E-state index in [4.69, 9.17) is 9.84 Å². The second-order valence-electron chi connectivity index (χ2n) is 3.84. The Morgan fingerprint density at radius 1 is 1.33 bits per heavy atom. The lowest BCUT2D eigenvalue weighted by atomic mass is 10.2. The summed E-state index contributed by atoms with van der Waals surface area (Å²) in [4.78, 5) is 10.3. The van der Waals surface area contributed by atoms with Crippen molar-refractivity contribution in [3.05, 3.63) is 35.9 Å². The van der Waals surface area contributed by atoms with Gasteiger partial charge in [0.2, 0.25) is 0 Å². The van der Waals surface area contributed by atoms with Crippen LogP contribution in [0.2, 0.25) is 0 Å². The van der Waals surface area contributed by atoms with Gasteiger partial charge < -0.3 is 15.2 Å². The lowest BCUT2D eigenvalue weighted by molar-refractivity contribution is -0.131. The van der Waals surface area contributed by atoms with E-state index in [1.54, 1.807) is 6.08 Å². The molecule has 0 amide bonds. The topological polar surface area (TPSA) is 58.6 Å². The molecule has 0 spiro atoms. The van der Waals surface area contributed by atoms with Crippen molar-refractivity contribution in [2.45, 2.75) is 13.3 Å². The summed E-state index contributed by atoms with van der Waals surface area (Å²) in [5.41, 5.74) is 0.842. The van der Waals surface area contributed by atoms with Gasteiger partial charge in [0, 0.05) is 12.6 Å². The van der Waals surface area contributed by atoms with Crippen LogP contribution in [-0.4, -0.2) is 30.8 Å². The van der Waals surface area contributed by atoms with Crippen LogP contribution in [0, 0.1) is 0 Å². The van der Waals surface area contributed by atoms with Gasteiger partial charge in [0.25, 0.3) is 0 Å². The van der Waals surface area contributed by atoms with Crippen molar-refractivity contribution >= 4 is 12.0 Å². The van der Waals surface area contributed by atoms with E-state index < -0.39 is 5.97 Å². The standard InChI is InChI=1S/C14H19NO3/c1-2-9-15-10-11-18-13-6-3-12(4-7-13)5-8-14(16)17/h3-8,15H,2,9-11H2,1H3,(H,16,17). The molecule has 18 heavy (non-hydrogen) atoms. The second kappa shape index (κ2) is 8.31. The molecular weight excluding hydrogens is 230 g/mol. The van der Waals surface area contributed by atoms with Gasteiger partial charge in [-0.15, -0.1) is 0 Å². The Kier molecular flexibility index (Phi) is 6.58. The molecule has 0 bridgehead atoms. The number of hydrogen-bond acceptors (Lipinski definition) is 3. The predicted octanol–water partition coefficient (Wildman–Crippen LogP) is 2.16. The second-order valence-corrected chi connectivity index (χ2v) is 3.84. The summed E-state index contributed by atoms with van der Waals surface area (Å²) in [6, 6.07) is 7.32. The van der Waals surface area contributed by atoms with Crippen LogP contribution < -0.4 is 10.1 Å². The van der Waals surface area contributed by atoms with E-state index >= 15 is 0 Å². The van der Waals surface area contributed by atoms with Crippen molar-refractivity contribution in [1.82, 2.24) is 5.32 Å². The zero-order valence-electron chi connectivity index (χ0n) is 10.6. The molecule has 0 atom stereocenters. The van der Waals surface area contributed by atoms with Gasteiger partial charge in [-0.05, 0) is 36.7 Å². The zero-order valence-corrected chi connectivity index (χ0v) is 10.6. The third-order valence-electron chi connectivity index (χ3n) is 2.27. The highest BCUT2D eigenvalue weighted by Gasteiger charge is 1.94. The molecule has 4 nitrogen and oxygen atoms in total. The van der Waals surface area contributed by atoms with Crippen LogP contribution in [0.1, 0.15) is 18.9 Å². The van der Waals surface area contributed by atoms with Gasteiger partial charge >= 0.3 is 5.97 Å². The molecule has 1 aromatic rings. The number of carboxylic acid groups (broad SMARTS) is 1. The van der Waals surface area contributed by atoms with Crippen molar-refractivity contribution < 1.29 is 14.6 Å². The molecule has 4 heteroatoms. The minimum atomic E-state index is -0.947. The summed E-state index contributed by atoms with van der Waals surface area (Å²) >= 11 is 0. The van der Waals surface area contributed by atoms with Crippen LogP contribution in [0.15, 0.2) is 30.3 Å². The molecule has 0 unspecified atom stereocenters. The first kappa shape index (κ1) is 14.3. The summed E-state index contributed by atoms with van der Waals surface area (Å²) in [5.74, 6) is -0.155. The van der Waals surface area contributed by atoms with Gasteiger partial charge in [0.05, 0.1) is 0 Å². The maximum absolute atomic E-state index is 10.3. The Hall–Kier alpha value is -1.81. The van der Waals surface area contributed by atoms with Gasteiger partial charge in [-0.25, -0.2) is 4.79 Å². The monoisotopic (exact) mass is 249 g/mol. The van der Waals surface area contributed by atoms with E-state index in [0.717, 1.165) is 36.9 Å². The summed E-state index contributed by atoms with van der Waals surface area (Å²) in [6.45, 7) is 4.58. The van der Waals surface area contributed by atoms with Gasteiger partial charge in [-0.1, -0.05) is 19.1 Å². The maximum atomic E-state index is 10.3. The van der Waals surface area contributed by atoms with Crippen LogP contribution >= 0.6 is 0 Å². The molecule has 0 aliphatic rings. The average Bonchev–Trinajstić information content (AvgIpc) is 2.37. The SMILES string of the molecule is CCCNCCOc1ccc(C=CC(=O)O)cc1. The quantitative estimate of drug-likeness (QED) is 0.547. The van der Waals surface area contributed by atoms with Crippen molar-refractivity contribution in [2.24, 2.45) is 0 Å². The smallest absolute Gasteiger partial charge is 0.328 e. The van der Waals surface area contributed by atoms with E-state index in [1.807, 2.05) is 24.3 Å². The highest BCUT2D eigenvalue weighted by atomic mass is 16.5. The molecule has 2 N–H and O–H groups in total. The maximum Gasteiger partial charge on any atom is 0.328 e. The Balaban J connectivity index is 2.34.